The van der Waals surface area contributed by atoms with Crippen LogP contribution in [0.2, 0.25) is 5.02 Å². The van der Waals surface area contributed by atoms with Crippen molar-refractivity contribution in [2.75, 3.05) is 13.1 Å². The van der Waals surface area contributed by atoms with Crippen LogP contribution in [-0.4, -0.2) is 96.5 Å². The number of fused-ring (bicyclic) bond motifs is 3. The maximum Gasteiger partial charge on any atom is 0.246 e. The number of thiazole rings is 1. The zero-order valence-corrected chi connectivity index (χ0v) is 44.8. The molecule has 0 radical (unpaired) electrons. The SMILES string of the molecule is Cc1ncsc1-c1ccc([C@H](C)NC(=O)[C@@H]2C[C@@H](O)CN2C(=O)C(NC(=O)CCc2cc(F)cc(O[C@@H](C)CNC(=O)C[C@@H]3N=C(c4ccc(Cl)cc4)c4c(sc(C)c4C)-n4c(C)nnc43)c2)C(C)(C)C)cc1. The summed E-state index contributed by atoms with van der Waals surface area (Å²) in [6, 6.07) is 16.5. The molecular weight excluding hydrogens is 989 g/mol. The maximum atomic E-state index is 15.1. The van der Waals surface area contributed by atoms with E-state index in [-0.39, 0.29) is 56.5 Å². The molecule has 2 aliphatic rings. The number of ether oxygens (including phenoxy) is 1. The first-order valence-electron chi connectivity index (χ1n) is 24.3. The van der Waals surface area contributed by atoms with E-state index in [1.54, 1.807) is 41.2 Å². The molecule has 3 aromatic carbocycles. The van der Waals surface area contributed by atoms with Crippen LogP contribution in [-0.2, 0) is 25.6 Å². The van der Waals surface area contributed by atoms with Gasteiger partial charge < -0.3 is 30.7 Å². The predicted octanol–water partition coefficient (Wildman–Crippen LogP) is 8.65. The number of likely N-dealkylation sites (tertiary alicyclic amines) is 1. The molecule has 4 N–H and O–H groups in total. The highest BCUT2D eigenvalue weighted by Gasteiger charge is 2.45. The number of benzene rings is 3. The van der Waals surface area contributed by atoms with Crippen molar-refractivity contribution in [3.8, 4) is 21.2 Å². The molecule has 19 heteroatoms. The lowest BCUT2D eigenvalue weighted by Gasteiger charge is -2.35. The molecule has 0 bridgehead atoms. The molecular formula is C54H61ClFN9O6S2. The number of rotatable bonds is 16. The second kappa shape index (κ2) is 22.0. The van der Waals surface area contributed by atoms with Crippen molar-refractivity contribution in [3.63, 3.8) is 0 Å². The van der Waals surface area contributed by atoms with Crippen molar-refractivity contribution < 1.29 is 33.4 Å². The Kier molecular flexibility index (Phi) is 16.0. The summed E-state index contributed by atoms with van der Waals surface area (Å²) in [7, 11) is 0. The Morgan fingerprint density at radius 1 is 0.945 bits per heavy atom. The third-order valence-corrected chi connectivity index (χ3v) is 15.7. The number of carbonyl (C=O) groups excluding carboxylic acids is 4. The van der Waals surface area contributed by atoms with E-state index >= 15 is 4.39 Å². The number of nitrogens with zero attached hydrogens (tertiary/aromatic N) is 6. The molecule has 0 spiro atoms. The summed E-state index contributed by atoms with van der Waals surface area (Å²) in [6.45, 7) is 17.1. The van der Waals surface area contributed by atoms with Gasteiger partial charge in [0.15, 0.2) is 5.82 Å². The third-order valence-electron chi connectivity index (χ3n) is 13.3. The van der Waals surface area contributed by atoms with Crippen molar-refractivity contribution in [1.82, 2.24) is 40.6 Å². The highest BCUT2D eigenvalue weighted by Crippen LogP contribution is 2.40. The van der Waals surface area contributed by atoms with Crippen LogP contribution >= 0.6 is 34.3 Å². The highest BCUT2D eigenvalue weighted by atomic mass is 35.5. The number of hydrogen-bond donors (Lipinski definition) is 4. The molecule has 73 heavy (non-hydrogen) atoms. The molecule has 6 aromatic rings. The molecule has 15 nitrogen and oxygen atoms in total. The maximum absolute atomic E-state index is 15.1. The first kappa shape index (κ1) is 53.0. The summed E-state index contributed by atoms with van der Waals surface area (Å²) in [6.07, 6.45) is -1.43. The van der Waals surface area contributed by atoms with E-state index in [0.29, 0.717) is 22.2 Å². The monoisotopic (exact) mass is 1050 g/mol. The summed E-state index contributed by atoms with van der Waals surface area (Å²) in [4.78, 5) is 68.4. The Morgan fingerprint density at radius 2 is 1.66 bits per heavy atom. The van der Waals surface area contributed by atoms with Gasteiger partial charge in [-0.15, -0.1) is 32.9 Å². The summed E-state index contributed by atoms with van der Waals surface area (Å²) >= 11 is 9.45. The fraction of sp³-hybridized carbons (Fsp3) is 0.407. The second-order valence-electron chi connectivity index (χ2n) is 20.0. The average Bonchev–Trinajstić information content (AvgIpc) is 4.11. The van der Waals surface area contributed by atoms with E-state index in [1.807, 2.05) is 94.6 Å². The molecule has 0 aliphatic carbocycles. The Bertz CT molecular complexity index is 3060. The summed E-state index contributed by atoms with van der Waals surface area (Å²) in [5, 5.41) is 30.0. The van der Waals surface area contributed by atoms with E-state index < -0.39 is 59.3 Å². The lowest BCUT2D eigenvalue weighted by molar-refractivity contribution is -0.144. The number of aromatic nitrogens is 4. The fourth-order valence-corrected chi connectivity index (χ4v) is 11.4. The van der Waals surface area contributed by atoms with Crippen molar-refractivity contribution in [2.24, 2.45) is 10.4 Å². The van der Waals surface area contributed by atoms with Crippen LogP contribution in [0.15, 0.2) is 77.2 Å². The number of nitrogens with one attached hydrogen (secondary N) is 3. The van der Waals surface area contributed by atoms with Gasteiger partial charge in [0, 0.05) is 46.5 Å². The van der Waals surface area contributed by atoms with Gasteiger partial charge in [-0.25, -0.2) is 9.37 Å². The predicted molar refractivity (Wildman–Crippen MR) is 282 cm³/mol. The molecule has 0 saturated carbocycles. The van der Waals surface area contributed by atoms with E-state index in [0.717, 1.165) is 54.0 Å². The Hall–Kier alpha value is -6.34. The summed E-state index contributed by atoms with van der Waals surface area (Å²) in [5.41, 5.74) is 8.01. The molecule has 1 unspecified atom stereocenters. The zero-order chi connectivity index (χ0) is 52.5. The normalized spacial score (nSPS) is 17.7. The van der Waals surface area contributed by atoms with Crippen LogP contribution in [0.25, 0.3) is 15.4 Å². The Labute approximate surface area is 437 Å². The third kappa shape index (κ3) is 12.0. The van der Waals surface area contributed by atoms with Gasteiger partial charge >= 0.3 is 0 Å². The number of β-amino-alcohol motifs (C(OH)–C–C–N with tert-alkyl or cyclic N) is 1. The number of aryl methyl sites for hydroxylation is 4. The minimum absolute atomic E-state index is 0.0250. The van der Waals surface area contributed by atoms with E-state index in [4.69, 9.17) is 21.3 Å². The Balaban J connectivity index is 0.862. The minimum atomic E-state index is -1.03. The quantitative estimate of drug-likeness (QED) is 0.0735. The largest absolute Gasteiger partial charge is 0.489 e. The van der Waals surface area contributed by atoms with Crippen LogP contribution < -0.4 is 20.7 Å². The van der Waals surface area contributed by atoms with Crippen molar-refractivity contribution in [3.05, 3.63) is 133 Å². The van der Waals surface area contributed by atoms with Crippen LogP contribution in [0, 0.1) is 38.9 Å². The number of aliphatic hydroxyl groups is 1. The second-order valence-corrected chi connectivity index (χ2v) is 22.5. The van der Waals surface area contributed by atoms with Gasteiger partial charge in [-0.2, -0.15) is 0 Å². The average molecular weight is 1050 g/mol. The number of hydrogen-bond acceptors (Lipinski definition) is 12. The lowest BCUT2D eigenvalue weighted by Crippen LogP contribution is -2.57. The van der Waals surface area contributed by atoms with Gasteiger partial charge in [0.05, 0.1) is 46.9 Å². The van der Waals surface area contributed by atoms with Crippen molar-refractivity contribution in [2.45, 2.75) is 124 Å². The van der Waals surface area contributed by atoms with Crippen LogP contribution in [0.4, 0.5) is 4.39 Å². The summed E-state index contributed by atoms with van der Waals surface area (Å²) in [5.74, 6) is -0.749. The van der Waals surface area contributed by atoms with E-state index in [9.17, 15) is 24.3 Å². The van der Waals surface area contributed by atoms with Crippen LogP contribution in [0.1, 0.15) is 116 Å². The van der Waals surface area contributed by atoms with Gasteiger partial charge in [-0.3, -0.25) is 28.7 Å². The topological polar surface area (TPSA) is 193 Å². The number of aliphatic imine (C=N–C) groups is 1. The van der Waals surface area contributed by atoms with Gasteiger partial charge in [0.1, 0.15) is 46.6 Å². The highest BCUT2D eigenvalue weighted by molar-refractivity contribution is 7.15. The van der Waals surface area contributed by atoms with E-state index in [2.05, 4.69) is 45.0 Å². The molecule has 5 heterocycles. The van der Waals surface area contributed by atoms with Gasteiger partial charge in [0.25, 0.3) is 0 Å². The van der Waals surface area contributed by atoms with Crippen LogP contribution in [0.3, 0.4) is 0 Å². The molecule has 3 aromatic heterocycles. The van der Waals surface area contributed by atoms with Crippen molar-refractivity contribution >= 4 is 63.6 Å². The number of halogens is 2. The first-order valence-corrected chi connectivity index (χ1v) is 26.4. The molecule has 6 atom stereocenters. The summed E-state index contributed by atoms with van der Waals surface area (Å²) < 4.78 is 23.1. The standard InChI is InChI=1S/C54H61ClFN9O6S2/c1-28(25-57-45(68)24-42-50-63-62-33(6)65(50)53-46(29(2)32(5)73-53)47(60-42)36-15-17-38(55)18-16-36)71-41-21-34(20-39(56)22-41)10-19-44(67)61-49(54(7,8)9)52(70)64-26-40(66)23-43(64)51(69)59-30(3)35-11-13-37(14-12-35)48-31(4)58-27-72-48/h11-18,20-22,27-28,30,40,42-43,49,66H,10,19,23-26H2,1-9H3,(H,57,68)(H,59,69)(H,61,67)/t28-,30-,40+,42-,43-,49?/m0/s1. The number of thiophene rings is 1. The molecule has 1 saturated heterocycles. The van der Waals surface area contributed by atoms with Gasteiger partial charge in [0.2, 0.25) is 23.6 Å². The molecule has 8 rings (SSSR count). The minimum Gasteiger partial charge on any atom is -0.489 e. The number of carbonyl (C=O) groups is 4. The first-order chi connectivity index (χ1) is 34.6. The van der Waals surface area contributed by atoms with E-state index in [1.165, 1.54) is 17.0 Å². The van der Waals surface area contributed by atoms with Crippen molar-refractivity contribution in [1.29, 1.82) is 0 Å². The Morgan fingerprint density at radius 3 is 2.34 bits per heavy atom. The number of aliphatic hydroxyl groups excluding tert-OH is 1. The number of amides is 4. The molecule has 4 amide bonds. The molecule has 2 aliphatic heterocycles. The van der Waals surface area contributed by atoms with Gasteiger partial charge in [-0.1, -0.05) is 68.8 Å². The zero-order valence-electron chi connectivity index (χ0n) is 42.4. The lowest BCUT2D eigenvalue weighted by atomic mass is 9.85. The molecule has 384 valence electrons. The molecule has 1 fully saturated rings. The smallest absolute Gasteiger partial charge is 0.246 e. The van der Waals surface area contributed by atoms with Gasteiger partial charge in [-0.05, 0) is 99.9 Å². The fourth-order valence-electron chi connectivity index (χ4n) is 9.25. The van der Waals surface area contributed by atoms with Crippen LogP contribution in [0.5, 0.6) is 5.75 Å².